The van der Waals surface area contributed by atoms with Crippen LogP contribution in [0.15, 0.2) is 41.0 Å². The summed E-state index contributed by atoms with van der Waals surface area (Å²) in [5.41, 5.74) is 1.97. The first-order chi connectivity index (χ1) is 6.27. The van der Waals surface area contributed by atoms with Gasteiger partial charge in [-0.15, -0.1) is 0 Å². The van der Waals surface area contributed by atoms with E-state index < -0.39 is 0 Å². The van der Waals surface area contributed by atoms with Crippen LogP contribution in [0.25, 0.3) is 11.3 Å². The fraction of sp³-hybridized carbons (Fsp3) is 0.0909. The number of furan rings is 1. The summed E-state index contributed by atoms with van der Waals surface area (Å²) < 4.78 is 17.9. The van der Waals surface area contributed by atoms with Crippen molar-refractivity contribution >= 4 is 0 Å². The zero-order valence-electron chi connectivity index (χ0n) is 7.25. The third-order valence-electron chi connectivity index (χ3n) is 1.97. The minimum atomic E-state index is -0.229. The van der Waals surface area contributed by atoms with E-state index in [0.29, 0.717) is 0 Å². The zero-order chi connectivity index (χ0) is 9.26. The fourth-order valence-corrected chi connectivity index (χ4v) is 1.27. The van der Waals surface area contributed by atoms with Gasteiger partial charge in [0.25, 0.3) is 0 Å². The monoisotopic (exact) mass is 176 g/mol. The van der Waals surface area contributed by atoms with Gasteiger partial charge in [0.1, 0.15) is 11.6 Å². The summed E-state index contributed by atoms with van der Waals surface area (Å²) in [6, 6.07) is 8.16. The van der Waals surface area contributed by atoms with Crippen LogP contribution in [0.1, 0.15) is 5.56 Å². The molecular formula is C11H9FO. The van der Waals surface area contributed by atoms with Crippen LogP contribution < -0.4 is 0 Å². The quantitative estimate of drug-likeness (QED) is 0.649. The summed E-state index contributed by atoms with van der Waals surface area (Å²) in [5, 5.41) is 0. The van der Waals surface area contributed by atoms with Crippen molar-refractivity contribution in [2.75, 3.05) is 0 Å². The highest BCUT2D eigenvalue weighted by molar-refractivity contribution is 5.60. The molecule has 0 amide bonds. The Hall–Kier alpha value is -1.57. The molecule has 1 nitrogen and oxygen atoms in total. The van der Waals surface area contributed by atoms with Crippen molar-refractivity contribution in [1.29, 1.82) is 0 Å². The van der Waals surface area contributed by atoms with Gasteiger partial charge >= 0.3 is 0 Å². The number of hydrogen-bond donors (Lipinski definition) is 0. The van der Waals surface area contributed by atoms with Gasteiger partial charge in [-0.05, 0) is 42.8 Å². The van der Waals surface area contributed by atoms with Crippen molar-refractivity contribution < 1.29 is 8.81 Å². The van der Waals surface area contributed by atoms with Crippen LogP contribution in [0.2, 0.25) is 0 Å². The minimum Gasteiger partial charge on any atom is -0.464 e. The topological polar surface area (TPSA) is 13.1 Å². The smallest absolute Gasteiger partial charge is 0.136 e. The van der Waals surface area contributed by atoms with E-state index in [9.17, 15) is 4.39 Å². The lowest BCUT2D eigenvalue weighted by Gasteiger charge is -1.97. The van der Waals surface area contributed by atoms with Crippen molar-refractivity contribution in [2.45, 2.75) is 6.92 Å². The van der Waals surface area contributed by atoms with Crippen LogP contribution in [0, 0.1) is 12.7 Å². The zero-order valence-corrected chi connectivity index (χ0v) is 7.25. The summed E-state index contributed by atoms with van der Waals surface area (Å²) in [6.07, 6.45) is 1.63. The lowest BCUT2D eigenvalue weighted by atomic mass is 10.1. The SMILES string of the molecule is Cc1ccoc1-c1ccc(F)cc1. The molecule has 0 aliphatic rings. The Morgan fingerprint density at radius 3 is 2.31 bits per heavy atom. The second kappa shape index (κ2) is 3.05. The third kappa shape index (κ3) is 1.47. The number of rotatable bonds is 1. The van der Waals surface area contributed by atoms with Crippen LogP contribution in [0.5, 0.6) is 0 Å². The van der Waals surface area contributed by atoms with E-state index in [4.69, 9.17) is 4.42 Å². The van der Waals surface area contributed by atoms with Crippen LogP contribution in [0.3, 0.4) is 0 Å². The molecule has 2 aromatic rings. The molecule has 2 heteroatoms. The Kier molecular flexibility index (Phi) is 1.89. The Morgan fingerprint density at radius 2 is 1.77 bits per heavy atom. The van der Waals surface area contributed by atoms with E-state index in [0.717, 1.165) is 16.9 Å². The van der Waals surface area contributed by atoms with Crippen LogP contribution in [-0.4, -0.2) is 0 Å². The predicted octanol–water partition coefficient (Wildman–Crippen LogP) is 3.39. The summed E-state index contributed by atoms with van der Waals surface area (Å²) in [6.45, 7) is 1.96. The van der Waals surface area contributed by atoms with E-state index in [1.54, 1.807) is 18.4 Å². The molecule has 0 bridgehead atoms. The van der Waals surface area contributed by atoms with E-state index in [-0.39, 0.29) is 5.82 Å². The maximum absolute atomic E-state index is 12.6. The molecule has 0 unspecified atom stereocenters. The Balaban J connectivity index is 2.47. The molecule has 2 rings (SSSR count). The van der Waals surface area contributed by atoms with Crippen molar-refractivity contribution in [3.8, 4) is 11.3 Å². The normalized spacial score (nSPS) is 10.3. The van der Waals surface area contributed by atoms with Gasteiger partial charge in [-0.3, -0.25) is 0 Å². The van der Waals surface area contributed by atoms with Crippen molar-refractivity contribution in [1.82, 2.24) is 0 Å². The maximum Gasteiger partial charge on any atom is 0.136 e. The van der Waals surface area contributed by atoms with Gasteiger partial charge in [0.15, 0.2) is 0 Å². The summed E-state index contributed by atoms with van der Waals surface area (Å²) >= 11 is 0. The molecular weight excluding hydrogens is 167 g/mol. The molecule has 0 N–H and O–H groups in total. The molecule has 0 radical (unpaired) electrons. The molecule has 1 aromatic carbocycles. The first-order valence-corrected chi connectivity index (χ1v) is 4.07. The number of hydrogen-bond acceptors (Lipinski definition) is 1. The molecule has 0 fully saturated rings. The molecule has 0 saturated heterocycles. The third-order valence-corrected chi connectivity index (χ3v) is 1.97. The fourth-order valence-electron chi connectivity index (χ4n) is 1.27. The summed E-state index contributed by atoms with van der Waals surface area (Å²) in [5.74, 6) is 0.577. The predicted molar refractivity (Wildman–Crippen MR) is 48.8 cm³/mol. The van der Waals surface area contributed by atoms with Crippen molar-refractivity contribution in [2.24, 2.45) is 0 Å². The standard InChI is InChI=1S/C11H9FO/c1-8-6-7-13-11(8)9-2-4-10(12)5-3-9/h2-7H,1H3. The van der Waals surface area contributed by atoms with E-state index in [1.165, 1.54) is 12.1 Å². The van der Waals surface area contributed by atoms with Gasteiger partial charge < -0.3 is 4.42 Å². The first kappa shape index (κ1) is 8.05. The van der Waals surface area contributed by atoms with Crippen LogP contribution in [0.4, 0.5) is 4.39 Å². The van der Waals surface area contributed by atoms with Gasteiger partial charge in [0, 0.05) is 5.56 Å². The second-order valence-corrected chi connectivity index (χ2v) is 2.94. The van der Waals surface area contributed by atoms with E-state index in [2.05, 4.69) is 0 Å². The van der Waals surface area contributed by atoms with Crippen LogP contribution in [-0.2, 0) is 0 Å². The van der Waals surface area contributed by atoms with Gasteiger partial charge in [-0.1, -0.05) is 0 Å². The Morgan fingerprint density at radius 1 is 1.08 bits per heavy atom. The Labute approximate surface area is 75.8 Å². The highest BCUT2D eigenvalue weighted by Crippen LogP contribution is 2.23. The van der Waals surface area contributed by atoms with Crippen molar-refractivity contribution in [3.05, 3.63) is 48.0 Å². The lowest BCUT2D eigenvalue weighted by molar-refractivity contribution is 0.580. The maximum atomic E-state index is 12.6. The van der Waals surface area contributed by atoms with Crippen LogP contribution >= 0.6 is 0 Å². The lowest BCUT2D eigenvalue weighted by Crippen LogP contribution is -1.78. The average Bonchev–Trinajstić information content (AvgIpc) is 2.53. The molecule has 0 aliphatic carbocycles. The molecule has 1 aromatic heterocycles. The largest absolute Gasteiger partial charge is 0.464 e. The van der Waals surface area contributed by atoms with Gasteiger partial charge in [-0.2, -0.15) is 0 Å². The summed E-state index contributed by atoms with van der Waals surface area (Å²) in [7, 11) is 0. The van der Waals surface area contributed by atoms with Gasteiger partial charge in [-0.25, -0.2) is 4.39 Å². The number of benzene rings is 1. The summed E-state index contributed by atoms with van der Waals surface area (Å²) in [4.78, 5) is 0. The van der Waals surface area contributed by atoms with Gasteiger partial charge in [0.2, 0.25) is 0 Å². The molecule has 0 atom stereocenters. The van der Waals surface area contributed by atoms with E-state index >= 15 is 0 Å². The number of halogens is 1. The molecule has 0 saturated carbocycles. The molecule has 1 heterocycles. The van der Waals surface area contributed by atoms with E-state index in [1.807, 2.05) is 13.0 Å². The van der Waals surface area contributed by atoms with Crippen molar-refractivity contribution in [3.63, 3.8) is 0 Å². The highest BCUT2D eigenvalue weighted by Gasteiger charge is 2.04. The molecule has 0 spiro atoms. The minimum absolute atomic E-state index is 0.229. The molecule has 66 valence electrons. The average molecular weight is 176 g/mol. The first-order valence-electron chi connectivity index (χ1n) is 4.07. The molecule has 13 heavy (non-hydrogen) atoms. The molecule has 0 aliphatic heterocycles. The van der Waals surface area contributed by atoms with Gasteiger partial charge in [0.05, 0.1) is 6.26 Å². The highest BCUT2D eigenvalue weighted by atomic mass is 19.1. The second-order valence-electron chi connectivity index (χ2n) is 2.94. The Bertz CT molecular complexity index is 400. The number of aryl methyl sites for hydroxylation is 1.